The Balaban J connectivity index is 0.00000184. The predicted octanol–water partition coefficient (Wildman–Crippen LogP) is 39.5. The third kappa shape index (κ3) is 68.4. The summed E-state index contributed by atoms with van der Waals surface area (Å²) < 4.78 is 1.61. The van der Waals surface area contributed by atoms with Gasteiger partial charge in [-0.2, -0.15) is 12.8 Å². The molecular weight excluding hydrogens is 1380 g/mol. The molecule has 0 unspecified atom stereocenters. The van der Waals surface area contributed by atoms with Gasteiger partial charge >= 0.3 is 16.5 Å². The predicted molar refractivity (Wildman–Crippen MR) is 501 cm³/mol. The fourth-order valence-corrected chi connectivity index (χ4v) is 17.0. The first-order valence-electron chi connectivity index (χ1n) is 50.9. The molecule has 0 fully saturated rings. The van der Waals surface area contributed by atoms with Gasteiger partial charge in [0.25, 0.3) is 0 Å². The summed E-state index contributed by atoms with van der Waals surface area (Å²) in [5.41, 5.74) is 22.2. The first-order chi connectivity index (χ1) is 54.5. The Morgan fingerprint density at radius 2 is 0.514 bits per heavy atom. The van der Waals surface area contributed by atoms with Crippen LogP contribution in [0.25, 0.3) is 16.9 Å². The van der Waals surface area contributed by atoms with E-state index in [0.717, 1.165) is 69.2 Å². The Morgan fingerprint density at radius 3 is 0.847 bits per heavy atom. The molecule has 0 aliphatic carbocycles. The average Bonchev–Trinajstić information content (AvgIpc) is 1.60. The number of allylic oxidation sites excluding steroid dienone is 4. The molecular formula is C108H196N2Ni. The topological polar surface area (TPSA) is 25.3 Å². The van der Waals surface area contributed by atoms with Gasteiger partial charge in [-0.15, -0.1) is 0 Å². The fraction of sp³-hybridized carbons (Fsp3) is 0.815. The maximum Gasteiger partial charge on any atom is 2.00 e. The SMILES string of the molecule is CCCCCCCCCCCCCCCCCCCC=CCCc1ccccc1C1=C(CCCCCC)C(CCCC)=C(c2cccc(CCCCC)c2)[N+]1=[N-].[CH2-]CCCCCCCCCCCCCCCCCCCCCCCCCC.[CH2-]CCCCCCCCCCCCCCCCCCCCCCCCCC.[Ni+2]. The minimum atomic E-state index is 0. The maximum absolute atomic E-state index is 12.3. The molecule has 1 heterocycles. The van der Waals surface area contributed by atoms with Crippen molar-refractivity contribution >= 4 is 11.4 Å². The first-order valence-corrected chi connectivity index (χ1v) is 50.9. The maximum atomic E-state index is 12.3. The van der Waals surface area contributed by atoms with Gasteiger partial charge in [-0.25, -0.2) is 4.70 Å². The number of hydrogen-bond donors (Lipinski definition) is 0. The van der Waals surface area contributed by atoms with Crippen molar-refractivity contribution in [3.05, 3.63) is 113 Å². The molecule has 0 amide bonds. The molecule has 2 aromatic rings. The third-order valence-corrected chi connectivity index (χ3v) is 24.4. The van der Waals surface area contributed by atoms with Gasteiger partial charge in [-0.1, -0.05) is 533 Å². The zero-order valence-electron chi connectivity index (χ0n) is 76.4. The molecule has 1 aliphatic heterocycles. The second-order valence-electron chi connectivity index (χ2n) is 35.1. The Kier molecular flexibility index (Phi) is 88.3. The molecule has 0 aromatic heterocycles. The molecule has 0 bridgehead atoms. The van der Waals surface area contributed by atoms with Crippen molar-refractivity contribution in [1.82, 2.24) is 0 Å². The van der Waals surface area contributed by atoms with Gasteiger partial charge in [-0.3, -0.25) is 0 Å². The summed E-state index contributed by atoms with van der Waals surface area (Å²) in [6.07, 6.45) is 119. The first kappa shape index (κ1) is 109. The van der Waals surface area contributed by atoms with Gasteiger partial charge < -0.3 is 19.4 Å². The van der Waals surface area contributed by atoms with E-state index in [1.54, 1.807) is 4.70 Å². The molecule has 3 rings (SSSR count). The Labute approximate surface area is 709 Å². The normalized spacial score (nSPS) is 12.2. The molecule has 111 heavy (non-hydrogen) atoms. The van der Waals surface area contributed by atoms with Gasteiger partial charge in [0.15, 0.2) is 0 Å². The molecule has 2 nitrogen and oxygen atoms in total. The average molecular weight is 1580 g/mol. The van der Waals surface area contributed by atoms with Gasteiger partial charge in [0, 0.05) is 22.3 Å². The number of rotatable bonds is 83. The van der Waals surface area contributed by atoms with Crippen LogP contribution in [-0.4, -0.2) is 4.70 Å². The van der Waals surface area contributed by atoms with E-state index in [9.17, 15) is 5.53 Å². The van der Waals surface area contributed by atoms with Crippen LogP contribution >= 0.6 is 0 Å². The summed E-state index contributed by atoms with van der Waals surface area (Å²) in [7, 11) is 0. The molecule has 3 heteroatoms. The molecule has 0 saturated heterocycles. The third-order valence-electron chi connectivity index (χ3n) is 24.4. The molecule has 1 aliphatic rings. The van der Waals surface area contributed by atoms with Crippen molar-refractivity contribution in [3.63, 3.8) is 0 Å². The standard InChI is InChI=1S/C54H86N2.2C27H55.Ni/c1-5-9-13-15-16-17-18-19-20-21-22-23-24-25-26-27-28-29-30-31-33-40-48-41-35-36-44-50(48)54-52(45-34-14-10-6-2)51(43-12-8-4)53(56(54)55)49-42-37-39-47(46-49)38-32-11-7-3;2*1-3-5-7-9-11-13-15-17-19-21-23-25-27-26-24-22-20-18-16-14-12-10-8-6-4-2;/h30-31,35-37,39,41-42,44,46H,5-29,32-34,38,40,43,45H2,1-4H3;2*1,3-27H2,2H3;/q;2*-1;+2. The van der Waals surface area contributed by atoms with E-state index >= 15 is 0 Å². The molecule has 0 spiro atoms. The van der Waals surface area contributed by atoms with E-state index in [-0.39, 0.29) is 16.5 Å². The number of nitrogens with zero attached hydrogens (tertiary/aromatic N) is 2. The minimum absolute atomic E-state index is 0. The Hall–Kier alpha value is -2.25. The van der Waals surface area contributed by atoms with E-state index in [0.29, 0.717) is 0 Å². The molecule has 0 radical (unpaired) electrons. The van der Waals surface area contributed by atoms with Crippen LogP contribution < -0.4 is 0 Å². The van der Waals surface area contributed by atoms with E-state index < -0.39 is 0 Å². The largest absolute Gasteiger partial charge is 2.00 e. The Bertz CT molecular complexity index is 2190. The monoisotopic (exact) mass is 1580 g/mol. The number of benzene rings is 2. The van der Waals surface area contributed by atoms with E-state index in [1.165, 1.54) is 502 Å². The van der Waals surface area contributed by atoms with Gasteiger partial charge in [-0.05, 0) is 93.5 Å². The summed E-state index contributed by atoms with van der Waals surface area (Å²) >= 11 is 0. The zero-order valence-corrected chi connectivity index (χ0v) is 77.4. The van der Waals surface area contributed by atoms with Crippen LogP contribution in [0.3, 0.4) is 0 Å². The van der Waals surface area contributed by atoms with Crippen molar-refractivity contribution in [3.8, 4) is 0 Å². The smallest absolute Gasteiger partial charge is 0.493 e. The van der Waals surface area contributed by atoms with Crippen molar-refractivity contribution in [2.24, 2.45) is 0 Å². The second-order valence-corrected chi connectivity index (χ2v) is 35.1. The van der Waals surface area contributed by atoms with Crippen molar-refractivity contribution in [1.29, 1.82) is 0 Å². The fourth-order valence-electron chi connectivity index (χ4n) is 17.0. The number of hydrogen-bond acceptors (Lipinski definition) is 0. The summed E-state index contributed by atoms with van der Waals surface area (Å²) in [4.78, 5) is 0. The minimum Gasteiger partial charge on any atom is -0.493 e. The van der Waals surface area contributed by atoms with Crippen LogP contribution in [-0.2, 0) is 29.3 Å². The van der Waals surface area contributed by atoms with Gasteiger partial charge in [0.2, 0.25) is 11.4 Å². The molecule has 648 valence electrons. The van der Waals surface area contributed by atoms with Crippen LogP contribution in [0.4, 0.5) is 0 Å². The molecule has 0 N–H and O–H groups in total. The van der Waals surface area contributed by atoms with Crippen LogP contribution in [0.2, 0.25) is 0 Å². The summed E-state index contributed by atoms with van der Waals surface area (Å²) in [6.45, 7) is 21.6. The van der Waals surface area contributed by atoms with Gasteiger partial charge in [0.05, 0.1) is 0 Å². The van der Waals surface area contributed by atoms with Crippen molar-refractivity contribution in [2.75, 3.05) is 0 Å². The van der Waals surface area contributed by atoms with E-state index in [4.69, 9.17) is 0 Å². The molecule has 0 saturated carbocycles. The number of aryl methyl sites for hydroxylation is 2. The van der Waals surface area contributed by atoms with Gasteiger partial charge in [0.1, 0.15) is 0 Å². The van der Waals surface area contributed by atoms with E-state index in [1.807, 2.05) is 0 Å². The van der Waals surface area contributed by atoms with Crippen molar-refractivity contribution in [2.45, 2.75) is 568 Å². The Morgan fingerprint density at radius 1 is 0.252 bits per heavy atom. The van der Waals surface area contributed by atoms with Crippen LogP contribution in [0, 0.1) is 13.8 Å². The molecule has 2 aromatic carbocycles. The number of unbranched alkanes of at least 4 members (excludes halogenated alkanes) is 71. The molecule has 0 atom stereocenters. The second kappa shape index (κ2) is 90.1. The van der Waals surface area contributed by atoms with Crippen molar-refractivity contribution < 1.29 is 21.2 Å². The van der Waals surface area contributed by atoms with Crippen LogP contribution in [0.5, 0.6) is 0 Å². The summed E-state index contributed by atoms with van der Waals surface area (Å²) in [5, 5.41) is 0. The van der Waals surface area contributed by atoms with E-state index in [2.05, 4.69) is 116 Å². The quantitative estimate of drug-likeness (QED) is 0.0207. The van der Waals surface area contributed by atoms with Crippen LogP contribution in [0.1, 0.15) is 577 Å². The summed E-state index contributed by atoms with van der Waals surface area (Å²) in [6, 6.07) is 18.0. The van der Waals surface area contributed by atoms with Crippen LogP contribution in [0.15, 0.2) is 71.8 Å². The zero-order chi connectivity index (χ0) is 79.2. The summed E-state index contributed by atoms with van der Waals surface area (Å²) in [5.74, 6) is 0.